The summed E-state index contributed by atoms with van der Waals surface area (Å²) in [5.74, 6) is -0.165. The quantitative estimate of drug-likeness (QED) is 0.668. The van der Waals surface area contributed by atoms with Gasteiger partial charge in [-0.15, -0.1) is 0 Å². The van der Waals surface area contributed by atoms with Crippen LogP contribution in [0.5, 0.6) is 0 Å². The molecule has 6 nitrogen and oxygen atoms in total. The van der Waals surface area contributed by atoms with Gasteiger partial charge in [-0.2, -0.15) is 5.10 Å². The van der Waals surface area contributed by atoms with Crippen LogP contribution in [0.25, 0.3) is 0 Å². The molecule has 1 amide bonds. The first-order chi connectivity index (χ1) is 8.04. The van der Waals surface area contributed by atoms with Crippen LogP contribution >= 0.6 is 23.2 Å². The molecule has 17 heavy (non-hydrogen) atoms. The van der Waals surface area contributed by atoms with E-state index in [1.54, 1.807) is 19.3 Å². The molecule has 0 aliphatic carbocycles. The van der Waals surface area contributed by atoms with Crippen LogP contribution in [0.2, 0.25) is 10.4 Å². The van der Waals surface area contributed by atoms with E-state index in [4.69, 9.17) is 23.2 Å². The van der Waals surface area contributed by atoms with Gasteiger partial charge in [0.05, 0.1) is 0 Å². The minimum absolute atomic E-state index is 0.0335. The Kier molecular flexibility index (Phi) is 3.26. The molecule has 2 aromatic rings. The number of halogens is 2. The Morgan fingerprint density at radius 3 is 2.76 bits per heavy atom. The molecule has 88 valence electrons. The van der Waals surface area contributed by atoms with Gasteiger partial charge in [0.2, 0.25) is 5.28 Å². The van der Waals surface area contributed by atoms with Crippen molar-refractivity contribution in [2.75, 3.05) is 5.32 Å². The molecule has 2 aromatic heterocycles. The van der Waals surface area contributed by atoms with E-state index in [1.165, 1.54) is 10.7 Å². The molecule has 0 atom stereocenters. The number of anilines is 1. The van der Waals surface area contributed by atoms with E-state index < -0.39 is 5.91 Å². The summed E-state index contributed by atoms with van der Waals surface area (Å²) in [4.78, 5) is 19.2. The monoisotopic (exact) mass is 271 g/mol. The van der Waals surface area contributed by atoms with Crippen molar-refractivity contribution in [1.29, 1.82) is 0 Å². The van der Waals surface area contributed by atoms with Gasteiger partial charge >= 0.3 is 0 Å². The molecule has 0 fully saturated rings. The largest absolute Gasteiger partial charge is 0.305 e. The second-order valence-corrected chi connectivity index (χ2v) is 3.90. The maximum atomic E-state index is 11.7. The van der Waals surface area contributed by atoms with Crippen molar-refractivity contribution in [2.24, 2.45) is 7.05 Å². The molecule has 0 unspecified atom stereocenters. The molecule has 8 heteroatoms. The van der Waals surface area contributed by atoms with E-state index in [0.717, 1.165) is 0 Å². The number of carbonyl (C=O) groups is 1. The van der Waals surface area contributed by atoms with E-state index in [2.05, 4.69) is 20.4 Å². The minimum atomic E-state index is -0.392. The fourth-order valence-electron chi connectivity index (χ4n) is 1.17. The summed E-state index contributed by atoms with van der Waals surface area (Å²) in [6.45, 7) is 0. The van der Waals surface area contributed by atoms with E-state index in [0.29, 0.717) is 0 Å². The average molecular weight is 272 g/mol. The summed E-state index contributed by atoms with van der Waals surface area (Å²) in [5, 5.41) is 6.59. The number of aromatic nitrogens is 4. The van der Waals surface area contributed by atoms with E-state index in [-0.39, 0.29) is 21.9 Å². The molecule has 2 rings (SSSR count). The Bertz CT molecular complexity index is 548. The summed E-state index contributed by atoms with van der Waals surface area (Å²) < 4.78 is 1.52. The molecule has 0 saturated heterocycles. The number of carbonyl (C=O) groups excluding carboxylic acids is 1. The summed E-state index contributed by atoms with van der Waals surface area (Å²) >= 11 is 11.3. The first-order valence-electron chi connectivity index (χ1n) is 4.55. The number of hydrogen-bond acceptors (Lipinski definition) is 4. The maximum Gasteiger partial charge on any atom is 0.277 e. The highest BCUT2D eigenvalue weighted by Gasteiger charge is 2.10. The Morgan fingerprint density at radius 1 is 1.41 bits per heavy atom. The molecule has 0 aromatic carbocycles. The smallest absolute Gasteiger partial charge is 0.277 e. The van der Waals surface area contributed by atoms with Gasteiger partial charge in [0.1, 0.15) is 11.0 Å². The first kappa shape index (κ1) is 11.8. The number of aryl methyl sites for hydroxylation is 1. The molecular weight excluding hydrogens is 265 g/mol. The molecule has 0 radical (unpaired) electrons. The first-order valence-corrected chi connectivity index (χ1v) is 5.31. The molecule has 0 bridgehead atoms. The topological polar surface area (TPSA) is 72.7 Å². The second-order valence-electron chi connectivity index (χ2n) is 3.17. The Morgan fingerprint density at radius 2 is 2.18 bits per heavy atom. The van der Waals surface area contributed by atoms with E-state index >= 15 is 0 Å². The molecule has 1 N–H and O–H groups in total. The lowest BCUT2D eigenvalue weighted by Gasteiger charge is -2.02. The summed E-state index contributed by atoms with van der Waals surface area (Å²) in [5.41, 5.74) is 0.276. The minimum Gasteiger partial charge on any atom is -0.305 e. The van der Waals surface area contributed by atoms with Crippen molar-refractivity contribution >= 4 is 34.9 Å². The lowest BCUT2D eigenvalue weighted by Crippen LogP contribution is -2.14. The van der Waals surface area contributed by atoms with Crippen molar-refractivity contribution in [3.8, 4) is 0 Å². The van der Waals surface area contributed by atoms with Crippen LogP contribution in [0, 0.1) is 0 Å². The normalized spacial score (nSPS) is 10.3. The SMILES string of the molecule is Cn1ccc(C(=O)Nc2cc(Cl)nc(Cl)n2)n1. The van der Waals surface area contributed by atoms with Crippen LogP contribution in [0.1, 0.15) is 10.5 Å². The zero-order valence-electron chi connectivity index (χ0n) is 8.69. The molecule has 0 saturated carbocycles. The van der Waals surface area contributed by atoms with Crippen LogP contribution in [0.4, 0.5) is 5.82 Å². The summed E-state index contributed by atoms with van der Waals surface area (Å²) in [6.07, 6.45) is 1.66. The number of hydrogen-bond donors (Lipinski definition) is 1. The van der Waals surface area contributed by atoms with Crippen LogP contribution < -0.4 is 5.32 Å². The molecule has 2 heterocycles. The number of nitrogens with zero attached hydrogens (tertiary/aromatic N) is 4. The van der Waals surface area contributed by atoms with Crippen molar-refractivity contribution in [1.82, 2.24) is 19.7 Å². The standard InChI is InChI=1S/C9H7Cl2N5O/c1-16-3-2-5(15-16)8(17)13-7-4-6(10)12-9(11)14-7/h2-4H,1H3,(H,12,13,14,17). The maximum absolute atomic E-state index is 11.7. The lowest BCUT2D eigenvalue weighted by atomic mass is 10.4. The molecule has 0 spiro atoms. The third kappa shape index (κ3) is 2.92. The van der Waals surface area contributed by atoms with Gasteiger partial charge in [0.25, 0.3) is 5.91 Å². The average Bonchev–Trinajstić information content (AvgIpc) is 2.63. The molecule has 0 aliphatic heterocycles. The van der Waals surface area contributed by atoms with Gasteiger partial charge < -0.3 is 5.32 Å². The fraction of sp³-hybridized carbons (Fsp3) is 0.111. The van der Waals surface area contributed by atoms with Crippen molar-refractivity contribution in [3.05, 3.63) is 34.5 Å². The van der Waals surface area contributed by atoms with Gasteiger partial charge in [-0.3, -0.25) is 9.48 Å². The van der Waals surface area contributed by atoms with E-state index in [9.17, 15) is 4.79 Å². The van der Waals surface area contributed by atoms with Gasteiger partial charge in [-0.05, 0) is 17.7 Å². The number of nitrogens with one attached hydrogen (secondary N) is 1. The van der Waals surface area contributed by atoms with Crippen LogP contribution in [-0.2, 0) is 7.05 Å². The molecular formula is C9H7Cl2N5O. The van der Waals surface area contributed by atoms with Crippen molar-refractivity contribution in [3.63, 3.8) is 0 Å². The Labute approximate surface area is 107 Å². The van der Waals surface area contributed by atoms with Gasteiger partial charge in [0, 0.05) is 19.3 Å². The lowest BCUT2D eigenvalue weighted by molar-refractivity contribution is 0.102. The van der Waals surface area contributed by atoms with Crippen LogP contribution in [0.15, 0.2) is 18.3 Å². The number of rotatable bonds is 2. The highest BCUT2D eigenvalue weighted by molar-refractivity contribution is 6.32. The Hall–Kier alpha value is -1.66. The third-order valence-electron chi connectivity index (χ3n) is 1.86. The second kappa shape index (κ2) is 4.68. The number of amides is 1. The Balaban J connectivity index is 2.18. The molecule has 0 aliphatic rings. The summed E-state index contributed by atoms with van der Waals surface area (Å²) in [7, 11) is 1.72. The van der Waals surface area contributed by atoms with Crippen LogP contribution in [-0.4, -0.2) is 25.7 Å². The highest BCUT2D eigenvalue weighted by Crippen LogP contribution is 2.14. The van der Waals surface area contributed by atoms with Gasteiger partial charge in [-0.1, -0.05) is 11.6 Å². The van der Waals surface area contributed by atoms with Crippen molar-refractivity contribution in [2.45, 2.75) is 0 Å². The fourth-order valence-corrected chi connectivity index (χ4v) is 1.58. The predicted octanol–water partition coefficient (Wildman–Crippen LogP) is 1.77. The van der Waals surface area contributed by atoms with Crippen LogP contribution in [0.3, 0.4) is 0 Å². The van der Waals surface area contributed by atoms with Gasteiger partial charge in [-0.25, -0.2) is 9.97 Å². The summed E-state index contributed by atoms with van der Waals surface area (Å²) in [6, 6.07) is 2.98. The van der Waals surface area contributed by atoms with E-state index in [1.807, 2.05) is 0 Å². The van der Waals surface area contributed by atoms with Gasteiger partial charge in [0.15, 0.2) is 5.69 Å². The third-order valence-corrected chi connectivity index (χ3v) is 2.22. The predicted molar refractivity (Wildman–Crippen MR) is 63.2 cm³/mol. The zero-order chi connectivity index (χ0) is 12.4. The van der Waals surface area contributed by atoms with Crippen molar-refractivity contribution < 1.29 is 4.79 Å². The highest BCUT2D eigenvalue weighted by atomic mass is 35.5. The zero-order valence-corrected chi connectivity index (χ0v) is 10.2.